The highest BCUT2D eigenvalue weighted by Crippen LogP contribution is 2.31. The Balaban J connectivity index is 1.80. The number of thiazole rings is 1. The van der Waals surface area contributed by atoms with Gasteiger partial charge in [-0.25, -0.2) is 9.37 Å². The predicted octanol–water partition coefficient (Wildman–Crippen LogP) is 4.72. The first kappa shape index (κ1) is 18.7. The van der Waals surface area contributed by atoms with Crippen LogP contribution in [0.3, 0.4) is 0 Å². The number of nitrogens with zero attached hydrogens (tertiary/aromatic N) is 1. The normalized spacial score (nSPS) is 10.5. The van der Waals surface area contributed by atoms with E-state index in [4.69, 9.17) is 0 Å². The second kappa shape index (κ2) is 8.09. The van der Waals surface area contributed by atoms with Gasteiger partial charge in [-0.1, -0.05) is 19.1 Å². The number of aromatic nitrogens is 1. The van der Waals surface area contributed by atoms with Gasteiger partial charge in [0.1, 0.15) is 5.82 Å². The molecule has 7 heteroatoms. The van der Waals surface area contributed by atoms with E-state index in [1.54, 1.807) is 23.6 Å². The average Bonchev–Trinajstić information content (AvgIpc) is 3.09. The lowest BCUT2D eigenvalue weighted by molar-refractivity contribution is -0.114. The molecular weight excluding hydrogens is 365 g/mol. The number of benzene rings is 2. The quantitative estimate of drug-likeness (QED) is 0.669. The zero-order valence-corrected chi connectivity index (χ0v) is 15.7. The molecule has 0 aliphatic heterocycles. The minimum absolute atomic E-state index is 0.250. The number of halogens is 1. The SMILES string of the molecule is CCc1ccc(C(=O)Nc2nc(-c3ccc(F)cc3NC(C)=O)cs2)cc1. The van der Waals surface area contributed by atoms with Gasteiger partial charge in [-0.05, 0) is 42.3 Å². The molecule has 0 aliphatic rings. The molecule has 2 N–H and O–H groups in total. The zero-order valence-electron chi connectivity index (χ0n) is 14.9. The lowest BCUT2D eigenvalue weighted by Crippen LogP contribution is -2.11. The van der Waals surface area contributed by atoms with Gasteiger partial charge in [0.15, 0.2) is 5.13 Å². The monoisotopic (exact) mass is 383 g/mol. The van der Waals surface area contributed by atoms with E-state index in [0.29, 0.717) is 27.6 Å². The summed E-state index contributed by atoms with van der Waals surface area (Å²) in [4.78, 5) is 28.1. The molecule has 0 spiro atoms. The fourth-order valence-corrected chi connectivity index (χ4v) is 3.25. The Labute approximate surface area is 160 Å². The van der Waals surface area contributed by atoms with Gasteiger partial charge >= 0.3 is 0 Å². The summed E-state index contributed by atoms with van der Waals surface area (Å²) < 4.78 is 13.5. The van der Waals surface area contributed by atoms with E-state index in [1.807, 2.05) is 12.1 Å². The Kier molecular flexibility index (Phi) is 5.61. The van der Waals surface area contributed by atoms with E-state index < -0.39 is 5.82 Å². The number of anilines is 2. The van der Waals surface area contributed by atoms with Crippen LogP contribution in [0.1, 0.15) is 29.8 Å². The number of aryl methyl sites for hydroxylation is 1. The highest BCUT2D eigenvalue weighted by Gasteiger charge is 2.13. The van der Waals surface area contributed by atoms with Crippen LogP contribution in [0, 0.1) is 5.82 Å². The van der Waals surface area contributed by atoms with Crippen LogP contribution in [0.5, 0.6) is 0 Å². The Bertz CT molecular complexity index is 983. The van der Waals surface area contributed by atoms with Crippen LogP contribution >= 0.6 is 11.3 Å². The highest BCUT2D eigenvalue weighted by atomic mass is 32.1. The molecule has 2 amide bonds. The summed E-state index contributed by atoms with van der Waals surface area (Å²) in [7, 11) is 0. The van der Waals surface area contributed by atoms with Gasteiger partial charge in [0.25, 0.3) is 5.91 Å². The van der Waals surface area contributed by atoms with Crippen LogP contribution in [0.2, 0.25) is 0 Å². The van der Waals surface area contributed by atoms with Gasteiger partial charge in [-0.2, -0.15) is 0 Å². The molecule has 2 aromatic carbocycles. The van der Waals surface area contributed by atoms with Crippen LogP contribution in [0.4, 0.5) is 15.2 Å². The van der Waals surface area contributed by atoms with E-state index in [0.717, 1.165) is 12.0 Å². The van der Waals surface area contributed by atoms with Gasteiger partial charge in [0.2, 0.25) is 5.91 Å². The Hall–Kier alpha value is -3.06. The first-order chi connectivity index (χ1) is 13.0. The molecule has 138 valence electrons. The zero-order chi connectivity index (χ0) is 19.4. The summed E-state index contributed by atoms with van der Waals surface area (Å²) in [6.07, 6.45) is 0.909. The molecule has 3 aromatic rings. The molecule has 0 saturated carbocycles. The molecular formula is C20H18FN3O2S. The molecule has 0 atom stereocenters. The molecule has 0 saturated heterocycles. The molecule has 1 heterocycles. The molecule has 27 heavy (non-hydrogen) atoms. The number of carbonyl (C=O) groups excluding carboxylic acids is 2. The average molecular weight is 383 g/mol. The number of hydrogen-bond donors (Lipinski definition) is 2. The van der Waals surface area contributed by atoms with Crippen LogP contribution in [-0.4, -0.2) is 16.8 Å². The third-order valence-corrected chi connectivity index (χ3v) is 4.68. The molecule has 1 aromatic heterocycles. The maximum atomic E-state index is 13.5. The van der Waals surface area contributed by atoms with E-state index >= 15 is 0 Å². The van der Waals surface area contributed by atoms with Crippen molar-refractivity contribution in [3.8, 4) is 11.3 Å². The summed E-state index contributed by atoms with van der Waals surface area (Å²) in [6.45, 7) is 3.40. The minimum Gasteiger partial charge on any atom is -0.326 e. The van der Waals surface area contributed by atoms with Gasteiger partial charge in [-0.3, -0.25) is 14.9 Å². The summed E-state index contributed by atoms with van der Waals surface area (Å²) in [6, 6.07) is 11.5. The van der Waals surface area contributed by atoms with Crippen molar-refractivity contribution < 1.29 is 14.0 Å². The lowest BCUT2D eigenvalue weighted by atomic mass is 10.1. The summed E-state index contributed by atoms with van der Waals surface area (Å²) in [5.74, 6) is -1.01. The van der Waals surface area contributed by atoms with Crippen molar-refractivity contribution >= 4 is 34.0 Å². The Morgan fingerprint density at radius 2 is 1.85 bits per heavy atom. The summed E-state index contributed by atoms with van der Waals surface area (Å²) in [5, 5.41) is 7.53. The van der Waals surface area contributed by atoms with Crippen LogP contribution in [0.15, 0.2) is 47.8 Å². The molecule has 3 rings (SSSR count). The van der Waals surface area contributed by atoms with Crippen molar-refractivity contribution in [2.75, 3.05) is 10.6 Å². The number of rotatable bonds is 5. The third-order valence-electron chi connectivity index (χ3n) is 3.92. The van der Waals surface area contributed by atoms with Crippen molar-refractivity contribution in [2.45, 2.75) is 20.3 Å². The fourth-order valence-electron chi connectivity index (χ4n) is 2.55. The van der Waals surface area contributed by atoms with Crippen LogP contribution in [-0.2, 0) is 11.2 Å². The first-order valence-corrected chi connectivity index (χ1v) is 9.27. The van der Waals surface area contributed by atoms with Crippen molar-refractivity contribution in [3.63, 3.8) is 0 Å². The maximum absolute atomic E-state index is 13.5. The van der Waals surface area contributed by atoms with Crippen LogP contribution < -0.4 is 10.6 Å². The molecule has 0 unspecified atom stereocenters. The standard InChI is InChI=1S/C20H18FN3O2S/c1-3-13-4-6-14(7-5-13)19(26)24-20-23-18(11-27-20)16-9-8-15(21)10-17(16)22-12(2)25/h4-11H,3H2,1-2H3,(H,22,25)(H,23,24,26). The van der Waals surface area contributed by atoms with Crippen LogP contribution in [0.25, 0.3) is 11.3 Å². The Morgan fingerprint density at radius 3 is 2.52 bits per heavy atom. The summed E-state index contributed by atoms with van der Waals surface area (Å²) in [5.41, 5.74) is 3.16. The Morgan fingerprint density at radius 1 is 1.11 bits per heavy atom. The maximum Gasteiger partial charge on any atom is 0.257 e. The number of hydrogen-bond acceptors (Lipinski definition) is 4. The molecule has 0 aliphatic carbocycles. The topological polar surface area (TPSA) is 71.1 Å². The molecule has 0 fully saturated rings. The van der Waals surface area contributed by atoms with Crippen molar-refractivity contribution in [1.82, 2.24) is 4.98 Å². The fraction of sp³-hybridized carbons (Fsp3) is 0.150. The summed E-state index contributed by atoms with van der Waals surface area (Å²) >= 11 is 1.26. The van der Waals surface area contributed by atoms with Gasteiger partial charge in [-0.15, -0.1) is 11.3 Å². The van der Waals surface area contributed by atoms with Crippen molar-refractivity contribution in [1.29, 1.82) is 0 Å². The molecule has 0 bridgehead atoms. The number of carbonyl (C=O) groups is 2. The largest absolute Gasteiger partial charge is 0.326 e. The number of nitrogens with one attached hydrogen (secondary N) is 2. The van der Waals surface area contributed by atoms with Gasteiger partial charge < -0.3 is 5.32 Å². The lowest BCUT2D eigenvalue weighted by Gasteiger charge is -2.08. The van der Waals surface area contributed by atoms with E-state index in [2.05, 4.69) is 22.5 Å². The predicted molar refractivity (Wildman–Crippen MR) is 106 cm³/mol. The minimum atomic E-state index is -0.457. The smallest absolute Gasteiger partial charge is 0.257 e. The van der Waals surface area contributed by atoms with E-state index in [9.17, 15) is 14.0 Å². The second-order valence-electron chi connectivity index (χ2n) is 5.91. The number of amides is 2. The first-order valence-electron chi connectivity index (χ1n) is 8.39. The second-order valence-corrected chi connectivity index (χ2v) is 6.77. The van der Waals surface area contributed by atoms with Gasteiger partial charge in [0.05, 0.1) is 11.4 Å². The van der Waals surface area contributed by atoms with E-state index in [-0.39, 0.29) is 11.8 Å². The third kappa shape index (κ3) is 4.57. The molecule has 0 radical (unpaired) electrons. The van der Waals surface area contributed by atoms with Crippen molar-refractivity contribution in [3.05, 3.63) is 64.8 Å². The highest BCUT2D eigenvalue weighted by molar-refractivity contribution is 7.14. The van der Waals surface area contributed by atoms with Gasteiger partial charge in [0, 0.05) is 23.4 Å². The molecule has 5 nitrogen and oxygen atoms in total. The van der Waals surface area contributed by atoms with E-state index in [1.165, 1.54) is 30.4 Å². The van der Waals surface area contributed by atoms with Crippen molar-refractivity contribution in [2.24, 2.45) is 0 Å².